The van der Waals surface area contributed by atoms with Crippen molar-refractivity contribution >= 4 is 22.8 Å². The number of amides is 3. The summed E-state index contributed by atoms with van der Waals surface area (Å²) < 4.78 is 7.42. The Morgan fingerprint density at radius 1 is 1.13 bits per heavy atom. The van der Waals surface area contributed by atoms with E-state index in [4.69, 9.17) is 4.74 Å². The molecule has 3 heterocycles. The molecule has 2 saturated heterocycles. The minimum Gasteiger partial charge on any atom is -0.383 e. The quantitative estimate of drug-likeness (QED) is 0.639. The molecule has 2 aromatic rings. The number of aryl methyl sites for hydroxylation is 1. The first-order valence-electron chi connectivity index (χ1n) is 11.2. The van der Waals surface area contributed by atoms with Gasteiger partial charge in [0.1, 0.15) is 5.54 Å². The van der Waals surface area contributed by atoms with Crippen molar-refractivity contribution in [2.45, 2.75) is 38.8 Å². The van der Waals surface area contributed by atoms with Crippen molar-refractivity contribution in [1.82, 2.24) is 19.3 Å². The van der Waals surface area contributed by atoms with Gasteiger partial charge in [0, 0.05) is 64.0 Å². The standard InChI is InChI=1S/C24H34N4O3/c1-18(2)15-27-22(29)24(28(23(27)30)13-14-31-4)9-11-26(12-10-24)17-19-16-25(3)21-8-6-5-7-20(19)21/h5-8,16,18H,9-15,17H2,1-4H3. The molecular weight excluding hydrogens is 392 g/mol. The minimum absolute atomic E-state index is 0.0212. The van der Waals surface area contributed by atoms with Gasteiger partial charge in [0.25, 0.3) is 5.91 Å². The molecule has 2 fully saturated rings. The number of carbonyl (C=O) groups is 2. The number of likely N-dealkylation sites (tertiary alicyclic amines) is 1. The van der Waals surface area contributed by atoms with Gasteiger partial charge in [-0.3, -0.25) is 14.6 Å². The van der Waals surface area contributed by atoms with Gasteiger partial charge in [0.15, 0.2) is 0 Å². The van der Waals surface area contributed by atoms with Crippen LogP contribution in [0.2, 0.25) is 0 Å². The molecule has 1 aromatic carbocycles. The number of ether oxygens (including phenoxy) is 1. The number of hydrogen-bond acceptors (Lipinski definition) is 4. The summed E-state index contributed by atoms with van der Waals surface area (Å²) in [6, 6.07) is 8.31. The van der Waals surface area contributed by atoms with Crippen molar-refractivity contribution in [2.24, 2.45) is 13.0 Å². The van der Waals surface area contributed by atoms with E-state index in [1.165, 1.54) is 21.4 Å². The van der Waals surface area contributed by atoms with Crippen molar-refractivity contribution < 1.29 is 14.3 Å². The molecule has 7 heteroatoms. The first-order valence-corrected chi connectivity index (χ1v) is 11.2. The second kappa shape index (κ2) is 8.63. The van der Waals surface area contributed by atoms with Crippen LogP contribution in [0.4, 0.5) is 4.79 Å². The van der Waals surface area contributed by atoms with Gasteiger partial charge in [-0.05, 0) is 30.4 Å². The molecule has 4 rings (SSSR count). The summed E-state index contributed by atoms with van der Waals surface area (Å²) in [5.74, 6) is 0.228. The zero-order valence-electron chi connectivity index (χ0n) is 19.1. The van der Waals surface area contributed by atoms with Gasteiger partial charge in [0.05, 0.1) is 6.61 Å². The van der Waals surface area contributed by atoms with E-state index < -0.39 is 5.54 Å². The number of para-hydroxylation sites is 1. The van der Waals surface area contributed by atoms with E-state index in [-0.39, 0.29) is 17.9 Å². The Hall–Kier alpha value is -2.38. The third kappa shape index (κ3) is 3.85. The van der Waals surface area contributed by atoms with Crippen LogP contribution >= 0.6 is 0 Å². The van der Waals surface area contributed by atoms with Crippen LogP contribution in [0.1, 0.15) is 32.3 Å². The lowest BCUT2D eigenvalue weighted by Crippen LogP contribution is -2.57. The van der Waals surface area contributed by atoms with Gasteiger partial charge in [-0.1, -0.05) is 32.0 Å². The van der Waals surface area contributed by atoms with Crippen molar-refractivity contribution in [3.8, 4) is 0 Å². The Kier molecular flexibility index (Phi) is 6.08. The lowest BCUT2D eigenvalue weighted by molar-refractivity contribution is -0.136. The van der Waals surface area contributed by atoms with Gasteiger partial charge in [-0.15, -0.1) is 0 Å². The molecule has 0 bridgehead atoms. The second-order valence-electron chi connectivity index (χ2n) is 9.33. The summed E-state index contributed by atoms with van der Waals surface area (Å²) in [6.45, 7) is 7.89. The van der Waals surface area contributed by atoms with Crippen molar-refractivity contribution in [3.05, 3.63) is 36.0 Å². The largest absolute Gasteiger partial charge is 0.383 e. The third-order valence-electron chi connectivity index (χ3n) is 6.75. The highest BCUT2D eigenvalue weighted by Crippen LogP contribution is 2.38. The molecule has 0 aliphatic carbocycles. The second-order valence-corrected chi connectivity index (χ2v) is 9.33. The fraction of sp³-hybridized carbons (Fsp3) is 0.583. The normalized spacial score (nSPS) is 19.5. The third-order valence-corrected chi connectivity index (χ3v) is 6.75. The van der Waals surface area contributed by atoms with Gasteiger partial charge in [0.2, 0.25) is 0 Å². The Morgan fingerprint density at radius 3 is 2.52 bits per heavy atom. The molecule has 0 saturated carbocycles. The summed E-state index contributed by atoms with van der Waals surface area (Å²) >= 11 is 0. The average molecular weight is 427 g/mol. The number of benzene rings is 1. The minimum atomic E-state index is -0.722. The Labute approximate surface area is 184 Å². The summed E-state index contributed by atoms with van der Waals surface area (Å²) in [5.41, 5.74) is 1.82. The van der Waals surface area contributed by atoms with Crippen LogP contribution in [0, 0.1) is 5.92 Å². The predicted octanol–water partition coefficient (Wildman–Crippen LogP) is 3.08. The van der Waals surface area contributed by atoms with E-state index in [1.807, 2.05) is 13.8 Å². The fourth-order valence-electron chi connectivity index (χ4n) is 5.16. The number of fused-ring (bicyclic) bond motifs is 1. The number of imide groups is 1. The molecule has 7 nitrogen and oxygen atoms in total. The Bertz CT molecular complexity index is 959. The number of methoxy groups -OCH3 is 1. The molecule has 0 unspecified atom stereocenters. The van der Waals surface area contributed by atoms with E-state index in [0.717, 1.165) is 19.6 Å². The maximum Gasteiger partial charge on any atom is 0.327 e. The lowest BCUT2D eigenvalue weighted by atomic mass is 9.85. The molecule has 0 atom stereocenters. The van der Waals surface area contributed by atoms with Crippen LogP contribution in [-0.2, 0) is 23.1 Å². The fourth-order valence-corrected chi connectivity index (χ4v) is 5.16. The molecule has 0 N–H and O–H groups in total. The smallest absolute Gasteiger partial charge is 0.327 e. The number of nitrogens with zero attached hydrogens (tertiary/aromatic N) is 4. The summed E-state index contributed by atoms with van der Waals surface area (Å²) in [5, 5.41) is 1.28. The number of carbonyl (C=O) groups excluding carboxylic acids is 2. The zero-order chi connectivity index (χ0) is 22.2. The van der Waals surface area contributed by atoms with Gasteiger partial charge in [-0.2, -0.15) is 0 Å². The molecule has 3 amide bonds. The maximum absolute atomic E-state index is 13.4. The van der Waals surface area contributed by atoms with Crippen molar-refractivity contribution in [1.29, 1.82) is 0 Å². The number of hydrogen-bond donors (Lipinski definition) is 0. The van der Waals surface area contributed by atoms with Crippen molar-refractivity contribution in [3.63, 3.8) is 0 Å². The highest BCUT2D eigenvalue weighted by atomic mass is 16.5. The average Bonchev–Trinajstić information content (AvgIpc) is 3.16. The number of aromatic nitrogens is 1. The van der Waals surface area contributed by atoms with Crippen LogP contribution in [0.3, 0.4) is 0 Å². The molecule has 168 valence electrons. The molecule has 2 aliphatic rings. The monoisotopic (exact) mass is 426 g/mol. The van der Waals surface area contributed by atoms with Crippen LogP contribution < -0.4 is 0 Å². The summed E-state index contributed by atoms with van der Waals surface area (Å²) in [6.07, 6.45) is 3.54. The topological polar surface area (TPSA) is 58.0 Å². The van der Waals surface area contributed by atoms with Crippen LogP contribution in [0.5, 0.6) is 0 Å². The molecule has 0 radical (unpaired) electrons. The number of urea groups is 1. The van der Waals surface area contributed by atoms with E-state index in [9.17, 15) is 9.59 Å². The SMILES string of the molecule is COCCN1C(=O)N(CC(C)C)C(=O)C12CCN(Cc1cn(C)c3ccccc13)CC2. The molecular formula is C24H34N4O3. The maximum atomic E-state index is 13.4. The van der Waals surface area contributed by atoms with E-state index in [1.54, 1.807) is 12.0 Å². The zero-order valence-corrected chi connectivity index (χ0v) is 19.1. The number of piperidine rings is 1. The molecule has 1 spiro atoms. The van der Waals surface area contributed by atoms with Gasteiger partial charge >= 0.3 is 6.03 Å². The predicted molar refractivity (Wildman–Crippen MR) is 121 cm³/mol. The van der Waals surface area contributed by atoms with E-state index >= 15 is 0 Å². The summed E-state index contributed by atoms with van der Waals surface area (Å²) in [7, 11) is 3.71. The Balaban J connectivity index is 1.51. The first kappa shape index (κ1) is 21.8. The van der Waals surface area contributed by atoms with E-state index in [0.29, 0.717) is 32.5 Å². The molecule has 31 heavy (non-hydrogen) atoms. The van der Waals surface area contributed by atoms with Gasteiger partial charge in [-0.25, -0.2) is 4.79 Å². The van der Waals surface area contributed by atoms with Crippen LogP contribution in [0.25, 0.3) is 10.9 Å². The van der Waals surface area contributed by atoms with Crippen molar-refractivity contribution in [2.75, 3.05) is 39.9 Å². The highest BCUT2D eigenvalue weighted by molar-refractivity contribution is 6.07. The molecule has 1 aromatic heterocycles. The van der Waals surface area contributed by atoms with Crippen LogP contribution in [-0.4, -0.2) is 76.6 Å². The van der Waals surface area contributed by atoms with Gasteiger partial charge < -0.3 is 14.2 Å². The highest BCUT2D eigenvalue weighted by Gasteiger charge is 2.57. The number of rotatable bonds is 7. The first-order chi connectivity index (χ1) is 14.9. The molecule has 2 aliphatic heterocycles. The van der Waals surface area contributed by atoms with Crippen LogP contribution in [0.15, 0.2) is 30.5 Å². The summed E-state index contributed by atoms with van der Waals surface area (Å²) in [4.78, 5) is 32.2. The van der Waals surface area contributed by atoms with E-state index in [2.05, 4.69) is 47.0 Å². The Morgan fingerprint density at radius 2 is 1.84 bits per heavy atom. The lowest BCUT2D eigenvalue weighted by Gasteiger charge is -2.42.